The van der Waals surface area contributed by atoms with E-state index in [-0.39, 0.29) is 6.42 Å². The molecule has 72 valence electrons. The number of hydrogen-bond acceptors (Lipinski definition) is 5. The predicted octanol–water partition coefficient (Wildman–Crippen LogP) is -2.15. The molecule has 0 amide bonds. The molecule has 5 atom stereocenters. The molecule has 0 saturated heterocycles. The molecule has 0 aromatic carbocycles. The molecule has 0 radical (unpaired) electrons. The molecule has 0 aromatic heterocycles. The quantitative estimate of drug-likeness (QED) is 0.367. The maximum absolute atomic E-state index is 9.28. The molecule has 0 bridgehead atoms. The second kappa shape index (κ2) is 3.68. The van der Waals surface area contributed by atoms with Crippen molar-refractivity contribution in [3.63, 3.8) is 0 Å². The van der Waals surface area contributed by atoms with Gasteiger partial charge in [-0.1, -0.05) is 0 Å². The van der Waals surface area contributed by atoms with Crippen LogP contribution in [0.5, 0.6) is 0 Å². The van der Waals surface area contributed by atoms with Crippen LogP contribution in [0.1, 0.15) is 6.42 Å². The summed E-state index contributed by atoms with van der Waals surface area (Å²) in [5.74, 6) is 0. The Morgan fingerprint density at radius 1 is 1.00 bits per heavy atom. The fraction of sp³-hybridized carbons (Fsp3) is 1.00. The van der Waals surface area contributed by atoms with Crippen molar-refractivity contribution >= 4 is 0 Å². The van der Waals surface area contributed by atoms with Crippen LogP contribution in [0.3, 0.4) is 0 Å². The molecule has 1 saturated carbocycles. The lowest BCUT2D eigenvalue weighted by Crippen LogP contribution is -2.56. The van der Waals surface area contributed by atoms with Gasteiger partial charge in [-0.3, -0.25) is 0 Å². The molecule has 4 N–H and O–H groups in total. The minimum absolute atomic E-state index is 0.0245. The van der Waals surface area contributed by atoms with Crippen molar-refractivity contribution < 1.29 is 25.2 Å². The summed E-state index contributed by atoms with van der Waals surface area (Å²) in [6.07, 6.45) is -5.27. The van der Waals surface area contributed by atoms with Gasteiger partial charge in [-0.05, 0) is 0 Å². The third-order valence-electron chi connectivity index (χ3n) is 2.22. The lowest BCUT2D eigenvalue weighted by atomic mass is 9.87. The molecule has 1 aliphatic rings. The average Bonchev–Trinajstić information content (AvgIpc) is 2.01. The lowest BCUT2D eigenvalue weighted by molar-refractivity contribution is -0.185. The first-order chi connectivity index (χ1) is 5.57. The summed E-state index contributed by atoms with van der Waals surface area (Å²) >= 11 is 0. The third kappa shape index (κ3) is 1.60. The number of aliphatic hydroxyl groups excluding tert-OH is 4. The second-order valence-corrected chi connectivity index (χ2v) is 3.05. The van der Waals surface area contributed by atoms with E-state index in [0.29, 0.717) is 0 Å². The van der Waals surface area contributed by atoms with E-state index in [4.69, 9.17) is 9.84 Å². The van der Waals surface area contributed by atoms with Gasteiger partial charge in [0.15, 0.2) is 0 Å². The third-order valence-corrected chi connectivity index (χ3v) is 2.22. The first-order valence-corrected chi connectivity index (χ1v) is 3.83. The van der Waals surface area contributed by atoms with E-state index in [2.05, 4.69) is 0 Å². The molecule has 0 aliphatic heterocycles. The molecule has 0 aromatic rings. The maximum atomic E-state index is 9.28. The number of rotatable bonds is 1. The van der Waals surface area contributed by atoms with Gasteiger partial charge in [-0.2, -0.15) is 0 Å². The van der Waals surface area contributed by atoms with Crippen LogP contribution in [0, 0.1) is 0 Å². The fourth-order valence-electron chi connectivity index (χ4n) is 1.47. The van der Waals surface area contributed by atoms with E-state index < -0.39 is 30.5 Å². The van der Waals surface area contributed by atoms with Gasteiger partial charge >= 0.3 is 0 Å². The summed E-state index contributed by atoms with van der Waals surface area (Å²) in [7, 11) is 1.33. The first kappa shape index (κ1) is 9.88. The first-order valence-electron chi connectivity index (χ1n) is 3.83. The molecular formula is C7H14O5. The highest BCUT2D eigenvalue weighted by Crippen LogP contribution is 2.22. The van der Waals surface area contributed by atoms with Gasteiger partial charge in [0.2, 0.25) is 0 Å². The van der Waals surface area contributed by atoms with Gasteiger partial charge < -0.3 is 25.2 Å². The van der Waals surface area contributed by atoms with Crippen LogP contribution in [0.15, 0.2) is 0 Å². The summed E-state index contributed by atoms with van der Waals surface area (Å²) < 4.78 is 4.76. The molecule has 0 spiro atoms. The van der Waals surface area contributed by atoms with Crippen molar-refractivity contribution in [3.8, 4) is 0 Å². The Hall–Kier alpha value is -0.200. The second-order valence-electron chi connectivity index (χ2n) is 3.05. The summed E-state index contributed by atoms with van der Waals surface area (Å²) in [6.45, 7) is 0. The van der Waals surface area contributed by atoms with Gasteiger partial charge in [-0.25, -0.2) is 0 Å². The highest BCUT2D eigenvalue weighted by molar-refractivity contribution is 4.93. The standard InChI is InChI=1S/C7H14O5/c1-12-7-4(9)2-3(8)5(10)6(7)11/h3-11H,2H2,1H3/t3-,4+,5-,6?,7+/m1/s1. The highest BCUT2D eigenvalue weighted by atomic mass is 16.5. The Balaban J connectivity index is 2.65. The minimum Gasteiger partial charge on any atom is -0.390 e. The zero-order valence-corrected chi connectivity index (χ0v) is 6.79. The van der Waals surface area contributed by atoms with E-state index >= 15 is 0 Å². The lowest BCUT2D eigenvalue weighted by Gasteiger charge is -2.37. The molecule has 5 nitrogen and oxygen atoms in total. The fourth-order valence-corrected chi connectivity index (χ4v) is 1.47. The van der Waals surface area contributed by atoms with Crippen LogP contribution in [-0.2, 0) is 4.74 Å². The molecule has 0 heterocycles. The Morgan fingerprint density at radius 2 is 1.58 bits per heavy atom. The van der Waals surface area contributed by atoms with Crippen molar-refractivity contribution in [2.24, 2.45) is 0 Å². The number of ether oxygens (including phenoxy) is 1. The number of hydrogen-bond donors (Lipinski definition) is 4. The van der Waals surface area contributed by atoms with Gasteiger partial charge in [-0.15, -0.1) is 0 Å². The van der Waals surface area contributed by atoms with E-state index in [1.165, 1.54) is 7.11 Å². The van der Waals surface area contributed by atoms with Crippen molar-refractivity contribution in [2.45, 2.75) is 36.9 Å². The molecule has 12 heavy (non-hydrogen) atoms. The average molecular weight is 178 g/mol. The van der Waals surface area contributed by atoms with Gasteiger partial charge in [0.25, 0.3) is 0 Å². The topological polar surface area (TPSA) is 90.2 Å². The van der Waals surface area contributed by atoms with Crippen molar-refractivity contribution in [1.29, 1.82) is 0 Å². The van der Waals surface area contributed by atoms with Gasteiger partial charge in [0, 0.05) is 13.5 Å². The molecule has 1 fully saturated rings. The largest absolute Gasteiger partial charge is 0.390 e. The summed E-state index contributed by atoms with van der Waals surface area (Å²) in [6, 6.07) is 0. The monoisotopic (exact) mass is 178 g/mol. The maximum Gasteiger partial charge on any atom is 0.112 e. The van der Waals surface area contributed by atoms with Crippen LogP contribution in [0.4, 0.5) is 0 Å². The predicted molar refractivity (Wildman–Crippen MR) is 39.4 cm³/mol. The Kier molecular flexibility index (Phi) is 3.03. The molecule has 1 aliphatic carbocycles. The SMILES string of the molecule is CO[C@@H]1C(O)[C@H](O)[C@H](O)C[C@@H]1O. The Bertz CT molecular complexity index is 151. The highest BCUT2D eigenvalue weighted by Gasteiger charge is 2.42. The van der Waals surface area contributed by atoms with Gasteiger partial charge in [0.1, 0.15) is 18.3 Å². The van der Waals surface area contributed by atoms with Crippen LogP contribution < -0.4 is 0 Å². The molecule has 1 rings (SSSR count). The van der Waals surface area contributed by atoms with Crippen LogP contribution >= 0.6 is 0 Å². The summed E-state index contributed by atoms with van der Waals surface area (Å²) in [4.78, 5) is 0. The summed E-state index contributed by atoms with van der Waals surface area (Å²) in [5.41, 5.74) is 0. The number of methoxy groups -OCH3 is 1. The van der Waals surface area contributed by atoms with E-state index in [1.807, 2.05) is 0 Å². The van der Waals surface area contributed by atoms with Crippen molar-refractivity contribution in [1.82, 2.24) is 0 Å². The molecule has 1 unspecified atom stereocenters. The zero-order valence-electron chi connectivity index (χ0n) is 6.79. The van der Waals surface area contributed by atoms with E-state index in [9.17, 15) is 15.3 Å². The van der Waals surface area contributed by atoms with E-state index in [0.717, 1.165) is 0 Å². The van der Waals surface area contributed by atoms with Crippen LogP contribution in [0.2, 0.25) is 0 Å². The van der Waals surface area contributed by atoms with Crippen molar-refractivity contribution in [3.05, 3.63) is 0 Å². The molecular weight excluding hydrogens is 164 g/mol. The summed E-state index contributed by atoms with van der Waals surface area (Å²) in [5, 5.41) is 36.8. The van der Waals surface area contributed by atoms with Crippen LogP contribution in [0.25, 0.3) is 0 Å². The molecule has 5 heteroatoms. The van der Waals surface area contributed by atoms with Crippen LogP contribution in [-0.4, -0.2) is 58.1 Å². The van der Waals surface area contributed by atoms with Gasteiger partial charge in [0.05, 0.1) is 12.2 Å². The number of aliphatic hydroxyl groups is 4. The zero-order chi connectivity index (χ0) is 9.30. The Labute approximate surface area is 70.2 Å². The minimum atomic E-state index is -1.24. The smallest absolute Gasteiger partial charge is 0.112 e. The van der Waals surface area contributed by atoms with Crippen molar-refractivity contribution in [2.75, 3.05) is 7.11 Å². The van der Waals surface area contributed by atoms with E-state index in [1.54, 1.807) is 0 Å². The normalized spacial score (nSPS) is 49.2. The Morgan fingerprint density at radius 3 is 2.08 bits per heavy atom.